The monoisotopic (exact) mass is 300 g/mol. The lowest BCUT2D eigenvalue weighted by molar-refractivity contribution is -0.0541. The van der Waals surface area contributed by atoms with Gasteiger partial charge in [-0.15, -0.1) is 0 Å². The van der Waals surface area contributed by atoms with Crippen LogP contribution in [0.5, 0.6) is 0 Å². The Kier molecular flexibility index (Phi) is 5.60. The lowest BCUT2D eigenvalue weighted by Crippen LogP contribution is -2.64. The minimum Gasteiger partial charge on any atom is -0.445 e. The highest BCUT2D eigenvalue weighted by atomic mass is 16.6. The molecule has 120 valence electrons. The van der Waals surface area contributed by atoms with Gasteiger partial charge in [0.1, 0.15) is 12.2 Å². The van der Waals surface area contributed by atoms with Crippen LogP contribution in [0.15, 0.2) is 12.7 Å². The number of ether oxygens (including phenoxy) is 2. The number of amides is 2. The van der Waals surface area contributed by atoms with E-state index in [0.29, 0.717) is 13.1 Å². The zero-order valence-corrected chi connectivity index (χ0v) is 12.8. The molecule has 1 aliphatic heterocycles. The predicted molar refractivity (Wildman–Crippen MR) is 76.9 cm³/mol. The number of aliphatic hydroxyl groups excluding tert-OH is 1. The van der Waals surface area contributed by atoms with E-state index in [-0.39, 0.29) is 19.8 Å². The average Bonchev–Trinajstić information content (AvgIpc) is 2.33. The molecule has 1 rings (SSSR count). The summed E-state index contributed by atoms with van der Waals surface area (Å²) in [6.07, 6.45) is 0.480. The van der Waals surface area contributed by atoms with Gasteiger partial charge in [0, 0.05) is 25.0 Å². The highest BCUT2D eigenvalue weighted by molar-refractivity contribution is 5.70. The van der Waals surface area contributed by atoms with Gasteiger partial charge < -0.3 is 24.8 Å². The highest BCUT2D eigenvalue weighted by Gasteiger charge is 2.46. The molecule has 0 spiro atoms. The van der Waals surface area contributed by atoms with Crippen LogP contribution in [0.3, 0.4) is 0 Å². The Bertz CT molecular complexity index is 397. The van der Waals surface area contributed by atoms with E-state index in [2.05, 4.69) is 11.9 Å². The second-order valence-electron chi connectivity index (χ2n) is 6.24. The first-order chi connectivity index (χ1) is 9.71. The van der Waals surface area contributed by atoms with E-state index >= 15 is 0 Å². The maximum Gasteiger partial charge on any atom is 0.410 e. The topological polar surface area (TPSA) is 88.1 Å². The van der Waals surface area contributed by atoms with Crippen LogP contribution >= 0.6 is 0 Å². The van der Waals surface area contributed by atoms with E-state index in [1.54, 1.807) is 20.8 Å². The third kappa shape index (κ3) is 5.26. The maximum atomic E-state index is 11.8. The van der Waals surface area contributed by atoms with Crippen LogP contribution in [-0.4, -0.2) is 60.6 Å². The van der Waals surface area contributed by atoms with Crippen LogP contribution in [0.2, 0.25) is 0 Å². The minimum atomic E-state index is -0.571. The smallest absolute Gasteiger partial charge is 0.410 e. The Balaban J connectivity index is 2.39. The molecule has 1 heterocycles. The van der Waals surface area contributed by atoms with Crippen LogP contribution in [0.4, 0.5) is 9.59 Å². The van der Waals surface area contributed by atoms with Crippen LogP contribution in [-0.2, 0) is 9.47 Å². The zero-order valence-electron chi connectivity index (χ0n) is 12.8. The Morgan fingerprint density at radius 1 is 1.43 bits per heavy atom. The van der Waals surface area contributed by atoms with E-state index in [0.717, 1.165) is 0 Å². The fraction of sp³-hybridized carbons (Fsp3) is 0.714. The number of carbonyl (C=O) groups is 2. The quantitative estimate of drug-likeness (QED) is 0.743. The third-order valence-electron chi connectivity index (χ3n) is 2.98. The van der Waals surface area contributed by atoms with Crippen molar-refractivity contribution in [3.8, 4) is 0 Å². The molecule has 7 heteroatoms. The molecular formula is C14H24N2O5. The third-order valence-corrected chi connectivity index (χ3v) is 2.98. The molecule has 0 bridgehead atoms. The zero-order chi connectivity index (χ0) is 16.1. The molecular weight excluding hydrogens is 276 g/mol. The first-order valence-corrected chi connectivity index (χ1v) is 6.82. The molecule has 2 N–H and O–H groups in total. The molecule has 1 aliphatic rings. The summed E-state index contributed by atoms with van der Waals surface area (Å²) in [7, 11) is 0. The van der Waals surface area contributed by atoms with Gasteiger partial charge in [0.2, 0.25) is 0 Å². The SMILES string of the molecule is C=CCOC(=O)NCC1(CO)CN(C(=O)OC(C)(C)C)C1. The van der Waals surface area contributed by atoms with E-state index in [4.69, 9.17) is 9.47 Å². The van der Waals surface area contributed by atoms with Crippen LogP contribution < -0.4 is 5.32 Å². The van der Waals surface area contributed by atoms with Gasteiger partial charge >= 0.3 is 12.2 Å². The summed E-state index contributed by atoms with van der Waals surface area (Å²) in [6.45, 7) is 9.72. The number of rotatable bonds is 5. The van der Waals surface area contributed by atoms with Crippen molar-refractivity contribution in [3.05, 3.63) is 12.7 Å². The number of nitrogens with zero attached hydrogens (tertiary/aromatic N) is 1. The van der Waals surface area contributed by atoms with Crippen molar-refractivity contribution in [3.63, 3.8) is 0 Å². The molecule has 0 aliphatic carbocycles. The van der Waals surface area contributed by atoms with Crippen molar-refractivity contribution < 1.29 is 24.2 Å². The highest BCUT2D eigenvalue weighted by Crippen LogP contribution is 2.30. The number of hydrogen-bond acceptors (Lipinski definition) is 5. The molecule has 0 saturated carbocycles. The first-order valence-electron chi connectivity index (χ1n) is 6.82. The molecule has 0 atom stereocenters. The Hall–Kier alpha value is -1.76. The largest absolute Gasteiger partial charge is 0.445 e. The number of alkyl carbamates (subject to hydrolysis) is 1. The van der Waals surface area contributed by atoms with Gasteiger partial charge in [-0.2, -0.15) is 0 Å². The Morgan fingerprint density at radius 2 is 2.05 bits per heavy atom. The normalized spacial score (nSPS) is 16.7. The van der Waals surface area contributed by atoms with E-state index in [9.17, 15) is 14.7 Å². The van der Waals surface area contributed by atoms with Crippen molar-refractivity contribution in [2.45, 2.75) is 26.4 Å². The first kappa shape index (κ1) is 17.3. The number of nitrogens with one attached hydrogen (secondary N) is 1. The van der Waals surface area contributed by atoms with Crippen molar-refractivity contribution in [1.82, 2.24) is 10.2 Å². The van der Waals surface area contributed by atoms with Gasteiger partial charge in [-0.3, -0.25) is 0 Å². The number of likely N-dealkylation sites (tertiary alicyclic amines) is 1. The fourth-order valence-electron chi connectivity index (χ4n) is 1.93. The Labute approximate surface area is 124 Å². The summed E-state index contributed by atoms with van der Waals surface area (Å²) in [5.41, 5.74) is -1.09. The minimum absolute atomic E-state index is 0.127. The van der Waals surface area contributed by atoms with E-state index in [1.165, 1.54) is 11.0 Å². The van der Waals surface area contributed by atoms with Gasteiger partial charge in [-0.05, 0) is 20.8 Å². The summed E-state index contributed by atoms with van der Waals surface area (Å²) in [5.74, 6) is 0. The molecule has 0 radical (unpaired) electrons. The van der Waals surface area contributed by atoms with Gasteiger partial charge in [-0.1, -0.05) is 12.7 Å². The second kappa shape index (κ2) is 6.80. The van der Waals surface area contributed by atoms with Gasteiger partial charge in [0.05, 0.1) is 6.61 Å². The van der Waals surface area contributed by atoms with Gasteiger partial charge in [0.15, 0.2) is 0 Å². The number of hydrogen-bond donors (Lipinski definition) is 2. The van der Waals surface area contributed by atoms with Gasteiger partial charge in [-0.25, -0.2) is 9.59 Å². The summed E-state index contributed by atoms with van der Waals surface area (Å²) in [4.78, 5) is 24.7. The standard InChI is InChI=1S/C14H24N2O5/c1-5-6-20-11(18)15-7-14(10-17)8-16(9-14)12(19)21-13(2,3)4/h5,17H,1,6-10H2,2-4H3,(H,15,18). The number of carbonyl (C=O) groups excluding carboxylic acids is 2. The van der Waals surface area contributed by atoms with Crippen molar-refractivity contribution in [2.24, 2.45) is 5.41 Å². The second-order valence-corrected chi connectivity index (χ2v) is 6.24. The van der Waals surface area contributed by atoms with Crippen molar-refractivity contribution in [2.75, 3.05) is 32.8 Å². The molecule has 0 aromatic carbocycles. The summed E-state index contributed by atoms with van der Waals surface area (Å²) in [5, 5.41) is 12.0. The molecule has 0 unspecified atom stereocenters. The molecule has 1 fully saturated rings. The van der Waals surface area contributed by atoms with Crippen LogP contribution in [0.25, 0.3) is 0 Å². The number of aliphatic hydroxyl groups is 1. The Morgan fingerprint density at radius 3 is 2.52 bits per heavy atom. The molecule has 1 saturated heterocycles. The summed E-state index contributed by atoms with van der Waals surface area (Å²) < 4.78 is 10.0. The molecule has 0 aromatic heterocycles. The lowest BCUT2D eigenvalue weighted by Gasteiger charge is -2.48. The maximum absolute atomic E-state index is 11.8. The van der Waals surface area contributed by atoms with E-state index in [1.807, 2.05) is 0 Å². The average molecular weight is 300 g/mol. The van der Waals surface area contributed by atoms with Crippen LogP contribution in [0.1, 0.15) is 20.8 Å². The summed E-state index contributed by atoms with van der Waals surface area (Å²) in [6, 6.07) is 0. The van der Waals surface area contributed by atoms with Crippen LogP contribution in [0, 0.1) is 5.41 Å². The molecule has 7 nitrogen and oxygen atoms in total. The van der Waals surface area contributed by atoms with E-state index < -0.39 is 23.2 Å². The predicted octanol–water partition coefficient (Wildman–Crippen LogP) is 1.13. The van der Waals surface area contributed by atoms with Crippen molar-refractivity contribution >= 4 is 12.2 Å². The fourth-order valence-corrected chi connectivity index (χ4v) is 1.93. The van der Waals surface area contributed by atoms with Crippen molar-refractivity contribution in [1.29, 1.82) is 0 Å². The lowest BCUT2D eigenvalue weighted by atomic mass is 9.81. The van der Waals surface area contributed by atoms with Gasteiger partial charge in [0.25, 0.3) is 0 Å². The molecule has 2 amide bonds. The molecule has 21 heavy (non-hydrogen) atoms. The summed E-state index contributed by atoms with van der Waals surface area (Å²) >= 11 is 0. The molecule has 0 aromatic rings.